The van der Waals surface area contributed by atoms with Gasteiger partial charge < -0.3 is 10.1 Å². The smallest absolute Gasteiger partial charge is 0.276 e. The number of hydrogen-bond acceptors (Lipinski definition) is 4. The Hall–Kier alpha value is -4.65. The summed E-state index contributed by atoms with van der Waals surface area (Å²) in [4.78, 5) is 37.1. The van der Waals surface area contributed by atoms with Gasteiger partial charge >= 0.3 is 0 Å². The standard InChI is InChI=1S/C29H27N3O4/c1-20(30-27(33)18-23-14-9-13-21-12-5-6-15-24(21)23)29(35)32-31-28(34)19-36-26-17-8-7-16-25(26)22-10-3-2-4-11-22/h2-17,20H,18-19H2,1H3,(H,30,33)(H,31,34)(H,32,35)/t20-/m0/s1. The lowest BCUT2D eigenvalue weighted by atomic mass is 10.0. The SMILES string of the molecule is C[C@H](NC(=O)Cc1cccc2ccccc12)C(=O)NNC(=O)COc1ccccc1-c1ccccc1. The van der Waals surface area contributed by atoms with E-state index in [0.29, 0.717) is 5.75 Å². The van der Waals surface area contributed by atoms with Gasteiger partial charge in [0.2, 0.25) is 5.91 Å². The van der Waals surface area contributed by atoms with Crippen molar-refractivity contribution in [3.8, 4) is 16.9 Å². The van der Waals surface area contributed by atoms with E-state index in [4.69, 9.17) is 4.74 Å². The Morgan fingerprint density at radius 1 is 0.750 bits per heavy atom. The molecule has 0 radical (unpaired) electrons. The molecule has 4 aromatic carbocycles. The average molecular weight is 482 g/mol. The van der Waals surface area contributed by atoms with E-state index in [0.717, 1.165) is 27.5 Å². The van der Waals surface area contributed by atoms with E-state index in [9.17, 15) is 14.4 Å². The van der Waals surface area contributed by atoms with Gasteiger partial charge in [-0.15, -0.1) is 0 Å². The van der Waals surface area contributed by atoms with Crippen molar-refractivity contribution in [2.24, 2.45) is 0 Å². The third kappa shape index (κ3) is 6.27. The molecule has 36 heavy (non-hydrogen) atoms. The fraction of sp³-hybridized carbons (Fsp3) is 0.138. The minimum absolute atomic E-state index is 0.139. The van der Waals surface area contributed by atoms with Gasteiger partial charge in [-0.25, -0.2) is 0 Å². The molecule has 0 aromatic heterocycles. The Bertz CT molecular complexity index is 1370. The molecule has 0 aliphatic carbocycles. The van der Waals surface area contributed by atoms with Gasteiger partial charge in [0.25, 0.3) is 11.8 Å². The lowest BCUT2D eigenvalue weighted by molar-refractivity contribution is -0.132. The summed E-state index contributed by atoms with van der Waals surface area (Å²) < 4.78 is 5.68. The van der Waals surface area contributed by atoms with E-state index < -0.39 is 17.9 Å². The average Bonchev–Trinajstić information content (AvgIpc) is 2.91. The summed E-state index contributed by atoms with van der Waals surface area (Å²) in [5.74, 6) is -0.805. The maximum atomic E-state index is 12.5. The van der Waals surface area contributed by atoms with E-state index in [2.05, 4.69) is 16.2 Å². The van der Waals surface area contributed by atoms with Crippen LogP contribution in [-0.2, 0) is 20.8 Å². The number of hydrogen-bond donors (Lipinski definition) is 3. The Kier molecular flexibility index (Phi) is 7.93. The molecule has 0 unspecified atom stereocenters. The fourth-order valence-corrected chi connectivity index (χ4v) is 3.85. The predicted octanol–water partition coefficient (Wildman–Crippen LogP) is 3.78. The first kappa shape index (κ1) is 24.5. The van der Waals surface area contributed by atoms with Crippen molar-refractivity contribution in [1.82, 2.24) is 16.2 Å². The van der Waals surface area contributed by atoms with Crippen molar-refractivity contribution < 1.29 is 19.1 Å². The first-order valence-corrected chi connectivity index (χ1v) is 11.6. The molecule has 0 saturated heterocycles. The van der Waals surface area contributed by atoms with Crippen LogP contribution in [0, 0.1) is 0 Å². The molecule has 4 aromatic rings. The second-order valence-corrected chi connectivity index (χ2v) is 8.29. The molecule has 0 aliphatic heterocycles. The molecular formula is C29H27N3O4. The molecule has 7 heteroatoms. The van der Waals surface area contributed by atoms with Crippen LogP contribution in [0.25, 0.3) is 21.9 Å². The molecule has 182 valence electrons. The van der Waals surface area contributed by atoms with Crippen molar-refractivity contribution in [2.45, 2.75) is 19.4 Å². The molecule has 1 atom stereocenters. The van der Waals surface area contributed by atoms with Gasteiger partial charge in [0.05, 0.1) is 6.42 Å². The largest absolute Gasteiger partial charge is 0.483 e. The van der Waals surface area contributed by atoms with Crippen molar-refractivity contribution >= 4 is 28.5 Å². The van der Waals surface area contributed by atoms with E-state index >= 15 is 0 Å². The molecular weight excluding hydrogens is 454 g/mol. The molecule has 7 nitrogen and oxygen atoms in total. The van der Waals surface area contributed by atoms with Crippen LogP contribution in [0.3, 0.4) is 0 Å². The quantitative estimate of drug-likeness (QED) is 0.334. The summed E-state index contributed by atoms with van der Waals surface area (Å²) in [6, 6.07) is 29.9. The van der Waals surface area contributed by atoms with Gasteiger partial charge in [0, 0.05) is 5.56 Å². The monoisotopic (exact) mass is 481 g/mol. The van der Waals surface area contributed by atoms with Crippen LogP contribution in [0.15, 0.2) is 97.1 Å². The molecule has 3 amide bonds. The number of nitrogens with one attached hydrogen (secondary N) is 3. The lowest BCUT2D eigenvalue weighted by Crippen LogP contribution is -2.52. The summed E-state index contributed by atoms with van der Waals surface area (Å²) >= 11 is 0. The van der Waals surface area contributed by atoms with Crippen molar-refractivity contribution in [1.29, 1.82) is 0 Å². The second-order valence-electron chi connectivity index (χ2n) is 8.29. The van der Waals surface area contributed by atoms with E-state index in [1.165, 1.54) is 0 Å². The van der Waals surface area contributed by atoms with Crippen LogP contribution in [0.5, 0.6) is 5.75 Å². The van der Waals surface area contributed by atoms with Gasteiger partial charge in [0.1, 0.15) is 11.8 Å². The maximum Gasteiger partial charge on any atom is 0.276 e. The number of amides is 3. The third-order valence-electron chi connectivity index (χ3n) is 5.66. The zero-order valence-corrected chi connectivity index (χ0v) is 19.9. The number of fused-ring (bicyclic) bond motifs is 1. The summed E-state index contributed by atoms with van der Waals surface area (Å²) in [6.45, 7) is 1.26. The number of hydrazine groups is 1. The van der Waals surface area contributed by atoms with Crippen molar-refractivity contribution in [2.75, 3.05) is 6.61 Å². The summed E-state index contributed by atoms with van der Waals surface area (Å²) in [6.07, 6.45) is 0.139. The molecule has 0 fully saturated rings. The van der Waals surface area contributed by atoms with E-state index in [1.807, 2.05) is 91.0 Å². The number of carbonyl (C=O) groups is 3. The highest BCUT2D eigenvalue weighted by molar-refractivity contribution is 5.93. The first-order chi connectivity index (χ1) is 17.5. The number of rotatable bonds is 8. The molecule has 3 N–H and O–H groups in total. The van der Waals surface area contributed by atoms with Crippen LogP contribution in [0.2, 0.25) is 0 Å². The topological polar surface area (TPSA) is 96.5 Å². The van der Waals surface area contributed by atoms with Gasteiger partial charge in [-0.05, 0) is 34.9 Å². The third-order valence-corrected chi connectivity index (χ3v) is 5.66. The van der Waals surface area contributed by atoms with Crippen LogP contribution < -0.4 is 20.9 Å². The molecule has 0 spiro atoms. The number of para-hydroxylation sites is 1. The van der Waals surface area contributed by atoms with Crippen LogP contribution >= 0.6 is 0 Å². The molecule has 0 heterocycles. The summed E-state index contributed by atoms with van der Waals surface area (Å²) in [5.41, 5.74) is 7.36. The Morgan fingerprint density at radius 3 is 2.28 bits per heavy atom. The highest BCUT2D eigenvalue weighted by Crippen LogP contribution is 2.29. The van der Waals surface area contributed by atoms with Gasteiger partial charge in [-0.2, -0.15) is 0 Å². The molecule has 0 bridgehead atoms. The highest BCUT2D eigenvalue weighted by Gasteiger charge is 2.17. The number of ether oxygens (including phenoxy) is 1. The zero-order chi connectivity index (χ0) is 25.3. The highest BCUT2D eigenvalue weighted by atomic mass is 16.5. The van der Waals surface area contributed by atoms with Gasteiger partial charge in [-0.3, -0.25) is 25.2 Å². The minimum Gasteiger partial charge on any atom is -0.483 e. The molecule has 0 saturated carbocycles. The molecule has 0 aliphatic rings. The Morgan fingerprint density at radius 2 is 1.44 bits per heavy atom. The van der Waals surface area contributed by atoms with Crippen LogP contribution in [0.1, 0.15) is 12.5 Å². The first-order valence-electron chi connectivity index (χ1n) is 11.6. The second kappa shape index (κ2) is 11.7. The van der Waals surface area contributed by atoms with Crippen molar-refractivity contribution in [3.05, 3.63) is 103 Å². The maximum absolute atomic E-state index is 12.5. The number of carbonyl (C=O) groups excluding carboxylic acids is 3. The van der Waals surface area contributed by atoms with Gasteiger partial charge in [-0.1, -0.05) is 91.0 Å². The molecule has 4 rings (SSSR count). The number of benzene rings is 4. The Balaban J connectivity index is 1.25. The predicted molar refractivity (Wildman–Crippen MR) is 139 cm³/mol. The zero-order valence-electron chi connectivity index (χ0n) is 19.9. The fourth-order valence-electron chi connectivity index (χ4n) is 3.85. The lowest BCUT2D eigenvalue weighted by Gasteiger charge is -2.16. The Labute approximate surface area is 209 Å². The van der Waals surface area contributed by atoms with E-state index in [-0.39, 0.29) is 18.9 Å². The van der Waals surface area contributed by atoms with Crippen LogP contribution in [-0.4, -0.2) is 30.4 Å². The van der Waals surface area contributed by atoms with Gasteiger partial charge in [0.15, 0.2) is 6.61 Å². The van der Waals surface area contributed by atoms with E-state index in [1.54, 1.807) is 13.0 Å². The van der Waals surface area contributed by atoms with Crippen LogP contribution in [0.4, 0.5) is 0 Å². The normalized spacial score (nSPS) is 11.4. The summed E-state index contributed by atoms with van der Waals surface area (Å²) in [5, 5.41) is 4.71. The summed E-state index contributed by atoms with van der Waals surface area (Å²) in [7, 11) is 0. The van der Waals surface area contributed by atoms with Crippen molar-refractivity contribution in [3.63, 3.8) is 0 Å². The minimum atomic E-state index is -0.840.